The van der Waals surface area contributed by atoms with Gasteiger partial charge in [0, 0.05) is 19.3 Å². The number of aromatic hydroxyl groups is 1. The minimum absolute atomic E-state index is 0.0421. The van der Waals surface area contributed by atoms with Crippen LogP contribution >= 0.6 is 11.8 Å². The lowest BCUT2D eigenvalue weighted by Gasteiger charge is -2.23. The van der Waals surface area contributed by atoms with Crippen molar-refractivity contribution in [2.75, 3.05) is 12.8 Å². The van der Waals surface area contributed by atoms with Gasteiger partial charge >= 0.3 is 0 Å². The van der Waals surface area contributed by atoms with Gasteiger partial charge in [0.05, 0.1) is 5.25 Å². The molecule has 0 bridgehead atoms. The number of rotatable bonds is 1. The SMILES string of the molecule is CNC(=O)c1nc2n(c(=O)c1O)CCSC2C. The van der Waals surface area contributed by atoms with E-state index in [0.29, 0.717) is 12.4 Å². The number of carbonyl (C=O) groups excluding carboxylic acids is 1. The quantitative estimate of drug-likeness (QED) is 0.744. The molecular weight excluding hydrogens is 242 g/mol. The molecule has 0 saturated heterocycles. The summed E-state index contributed by atoms with van der Waals surface area (Å²) in [7, 11) is 1.43. The fourth-order valence-corrected chi connectivity index (χ4v) is 2.73. The van der Waals surface area contributed by atoms with Crippen LogP contribution < -0.4 is 10.9 Å². The second-order valence-corrected chi connectivity index (χ2v) is 5.16. The summed E-state index contributed by atoms with van der Waals surface area (Å²) < 4.78 is 1.43. The van der Waals surface area contributed by atoms with Crippen molar-refractivity contribution in [2.45, 2.75) is 18.7 Å². The third kappa shape index (κ3) is 1.90. The first kappa shape index (κ1) is 12.0. The van der Waals surface area contributed by atoms with Gasteiger partial charge in [-0.05, 0) is 6.92 Å². The molecule has 1 aromatic heterocycles. The van der Waals surface area contributed by atoms with Crippen LogP contribution in [0.3, 0.4) is 0 Å². The lowest BCUT2D eigenvalue weighted by Crippen LogP contribution is -2.33. The van der Waals surface area contributed by atoms with Crippen molar-refractivity contribution >= 4 is 17.7 Å². The second-order valence-electron chi connectivity index (χ2n) is 3.72. The van der Waals surface area contributed by atoms with E-state index in [1.165, 1.54) is 11.6 Å². The van der Waals surface area contributed by atoms with Crippen LogP contribution in [0.5, 0.6) is 5.75 Å². The average Bonchev–Trinajstić information content (AvgIpc) is 2.33. The molecule has 2 N–H and O–H groups in total. The Morgan fingerprint density at radius 3 is 3.00 bits per heavy atom. The first-order chi connectivity index (χ1) is 8.06. The van der Waals surface area contributed by atoms with E-state index in [1.807, 2.05) is 6.92 Å². The summed E-state index contributed by atoms with van der Waals surface area (Å²) in [6.45, 7) is 2.44. The predicted octanol–water partition coefficient (Wildman–Crippen LogP) is 0.116. The van der Waals surface area contributed by atoms with Crippen LogP contribution in [-0.4, -0.2) is 33.4 Å². The van der Waals surface area contributed by atoms with E-state index in [4.69, 9.17) is 0 Å². The van der Waals surface area contributed by atoms with Crippen LogP contribution in [0.25, 0.3) is 0 Å². The summed E-state index contributed by atoms with van der Waals surface area (Å²) in [5, 5.41) is 12.1. The van der Waals surface area contributed by atoms with Gasteiger partial charge in [-0.2, -0.15) is 0 Å². The maximum absolute atomic E-state index is 11.9. The van der Waals surface area contributed by atoms with Crippen LogP contribution in [0, 0.1) is 0 Å². The highest BCUT2D eigenvalue weighted by Gasteiger charge is 2.25. The number of amides is 1. The van der Waals surface area contributed by atoms with Crippen LogP contribution in [0.2, 0.25) is 0 Å². The summed E-state index contributed by atoms with van der Waals surface area (Å²) in [5.41, 5.74) is -0.737. The van der Waals surface area contributed by atoms with Gasteiger partial charge in [0.25, 0.3) is 11.5 Å². The molecule has 92 valence electrons. The van der Waals surface area contributed by atoms with Crippen molar-refractivity contribution < 1.29 is 9.90 Å². The third-order valence-electron chi connectivity index (χ3n) is 2.66. The molecule has 1 atom stereocenters. The topological polar surface area (TPSA) is 84.2 Å². The number of aromatic nitrogens is 2. The van der Waals surface area contributed by atoms with E-state index >= 15 is 0 Å². The molecule has 0 fully saturated rings. The largest absolute Gasteiger partial charge is 0.501 e. The molecule has 0 aliphatic carbocycles. The molecule has 2 heterocycles. The van der Waals surface area contributed by atoms with Gasteiger partial charge in [-0.25, -0.2) is 4.98 Å². The average molecular weight is 255 g/mol. The molecule has 0 saturated carbocycles. The number of carbonyl (C=O) groups is 1. The summed E-state index contributed by atoms with van der Waals surface area (Å²) in [6.07, 6.45) is 0. The Bertz CT molecular complexity index is 526. The number of nitrogens with zero attached hydrogens (tertiary/aromatic N) is 2. The molecule has 1 aromatic rings. The molecule has 1 amide bonds. The Kier molecular flexibility index (Phi) is 3.10. The third-order valence-corrected chi connectivity index (χ3v) is 3.79. The Hall–Kier alpha value is -1.50. The molecule has 1 aliphatic rings. The number of nitrogens with one attached hydrogen (secondary N) is 1. The van der Waals surface area contributed by atoms with Crippen LogP contribution in [-0.2, 0) is 6.54 Å². The Morgan fingerprint density at radius 2 is 2.35 bits per heavy atom. The fourth-order valence-electron chi connectivity index (χ4n) is 1.76. The molecule has 0 radical (unpaired) electrons. The number of thioether (sulfide) groups is 1. The highest BCUT2D eigenvalue weighted by Crippen LogP contribution is 2.31. The molecule has 1 unspecified atom stereocenters. The van der Waals surface area contributed by atoms with Gasteiger partial charge in [-0.3, -0.25) is 14.2 Å². The van der Waals surface area contributed by atoms with Gasteiger partial charge in [0.15, 0.2) is 5.69 Å². The highest BCUT2D eigenvalue weighted by atomic mass is 32.2. The van der Waals surface area contributed by atoms with Gasteiger partial charge in [-0.15, -0.1) is 11.8 Å². The summed E-state index contributed by atoms with van der Waals surface area (Å²) >= 11 is 1.67. The van der Waals surface area contributed by atoms with Gasteiger partial charge < -0.3 is 10.4 Å². The lowest BCUT2D eigenvalue weighted by atomic mass is 10.3. The summed E-state index contributed by atoms with van der Waals surface area (Å²) in [6, 6.07) is 0. The van der Waals surface area contributed by atoms with E-state index < -0.39 is 17.2 Å². The molecule has 17 heavy (non-hydrogen) atoms. The molecule has 0 aromatic carbocycles. The highest BCUT2D eigenvalue weighted by molar-refractivity contribution is 7.99. The summed E-state index contributed by atoms with van der Waals surface area (Å²) in [5.74, 6) is 0.217. The van der Waals surface area contributed by atoms with Crippen LogP contribution in [0.15, 0.2) is 4.79 Å². The first-order valence-corrected chi connectivity index (χ1v) is 6.28. The van der Waals surface area contributed by atoms with E-state index in [9.17, 15) is 14.7 Å². The van der Waals surface area contributed by atoms with Crippen molar-refractivity contribution in [3.63, 3.8) is 0 Å². The molecule has 0 spiro atoms. The van der Waals surface area contributed by atoms with E-state index in [1.54, 1.807) is 11.8 Å². The van der Waals surface area contributed by atoms with E-state index in [0.717, 1.165) is 5.75 Å². The Labute approximate surface area is 102 Å². The zero-order valence-corrected chi connectivity index (χ0v) is 10.4. The van der Waals surface area contributed by atoms with E-state index in [-0.39, 0.29) is 10.9 Å². The van der Waals surface area contributed by atoms with Gasteiger partial charge in [0.2, 0.25) is 5.75 Å². The van der Waals surface area contributed by atoms with Crippen molar-refractivity contribution in [2.24, 2.45) is 0 Å². The Morgan fingerprint density at radius 1 is 1.65 bits per heavy atom. The van der Waals surface area contributed by atoms with Gasteiger partial charge in [0.1, 0.15) is 5.82 Å². The maximum atomic E-state index is 11.9. The molecule has 7 heteroatoms. The monoisotopic (exact) mass is 255 g/mol. The maximum Gasteiger partial charge on any atom is 0.296 e. The van der Waals surface area contributed by atoms with Crippen molar-refractivity contribution in [3.05, 3.63) is 21.9 Å². The number of hydrogen-bond donors (Lipinski definition) is 2. The molecule has 2 rings (SSSR count). The van der Waals surface area contributed by atoms with Crippen molar-refractivity contribution in [1.82, 2.24) is 14.9 Å². The molecular formula is C10H13N3O3S. The number of fused-ring (bicyclic) bond motifs is 1. The fraction of sp³-hybridized carbons (Fsp3) is 0.500. The smallest absolute Gasteiger partial charge is 0.296 e. The molecule has 6 nitrogen and oxygen atoms in total. The minimum Gasteiger partial charge on any atom is -0.501 e. The number of hydrogen-bond acceptors (Lipinski definition) is 5. The van der Waals surface area contributed by atoms with E-state index in [2.05, 4.69) is 10.3 Å². The zero-order valence-electron chi connectivity index (χ0n) is 9.56. The van der Waals surface area contributed by atoms with Gasteiger partial charge in [-0.1, -0.05) is 0 Å². The lowest BCUT2D eigenvalue weighted by molar-refractivity contribution is 0.0954. The standard InChI is InChI=1S/C10H13N3O3S/c1-5-8-12-6(9(15)11-2)7(14)10(16)13(8)3-4-17-5/h5,14H,3-4H2,1-2H3,(H,11,15). The van der Waals surface area contributed by atoms with Crippen LogP contribution in [0.1, 0.15) is 28.5 Å². The van der Waals surface area contributed by atoms with Crippen molar-refractivity contribution in [1.29, 1.82) is 0 Å². The summed E-state index contributed by atoms with van der Waals surface area (Å²) in [4.78, 5) is 27.5. The van der Waals surface area contributed by atoms with Crippen molar-refractivity contribution in [3.8, 4) is 5.75 Å². The minimum atomic E-state index is -0.577. The predicted molar refractivity (Wildman–Crippen MR) is 64.4 cm³/mol. The Balaban J connectivity index is 2.66. The second kappa shape index (κ2) is 4.40. The normalized spacial score (nSPS) is 18.6. The zero-order chi connectivity index (χ0) is 12.6. The first-order valence-electron chi connectivity index (χ1n) is 5.23. The molecule has 1 aliphatic heterocycles. The van der Waals surface area contributed by atoms with Crippen LogP contribution in [0.4, 0.5) is 0 Å².